The van der Waals surface area contributed by atoms with E-state index in [1.165, 1.54) is 30.3 Å². The standard InChI is InChI=1S/C28H21N5O6S/c34-28(35)21-11-5-7-13-24(21)32-40(38,39)19-14-15-25(26(16-19)33(36)37)31-29-17-22-20-10-4-6-12-23(20)30-27(22)18-8-2-1-3-9-18/h1-17,30-32H,(H,34,35)/b29-17+. The summed E-state index contributed by atoms with van der Waals surface area (Å²) in [6.45, 7) is 0. The Bertz CT molecular complexity index is 1880. The van der Waals surface area contributed by atoms with E-state index in [1.54, 1.807) is 6.21 Å². The molecule has 0 atom stereocenters. The van der Waals surface area contributed by atoms with Crippen molar-refractivity contribution in [3.63, 3.8) is 0 Å². The van der Waals surface area contributed by atoms with E-state index in [-0.39, 0.29) is 16.9 Å². The highest BCUT2D eigenvalue weighted by atomic mass is 32.2. The minimum atomic E-state index is -4.35. The van der Waals surface area contributed by atoms with Crippen LogP contribution in [0, 0.1) is 10.1 Å². The molecule has 0 radical (unpaired) electrons. The predicted octanol–water partition coefficient (Wildman–Crippen LogP) is 5.69. The highest BCUT2D eigenvalue weighted by Gasteiger charge is 2.23. The van der Waals surface area contributed by atoms with E-state index in [4.69, 9.17) is 0 Å². The molecule has 5 aromatic rings. The molecule has 12 heteroatoms. The van der Waals surface area contributed by atoms with Crippen molar-refractivity contribution in [3.05, 3.63) is 118 Å². The molecule has 0 bridgehead atoms. The number of rotatable bonds is 9. The number of benzene rings is 4. The lowest BCUT2D eigenvalue weighted by Gasteiger charge is -2.11. The van der Waals surface area contributed by atoms with Crippen LogP contribution < -0.4 is 10.1 Å². The molecular weight excluding hydrogens is 534 g/mol. The zero-order valence-corrected chi connectivity index (χ0v) is 21.4. The van der Waals surface area contributed by atoms with Crippen LogP contribution in [0.5, 0.6) is 0 Å². The lowest BCUT2D eigenvalue weighted by molar-refractivity contribution is -0.384. The first-order valence-electron chi connectivity index (χ1n) is 11.8. The van der Waals surface area contributed by atoms with Gasteiger partial charge in [0.1, 0.15) is 5.69 Å². The molecule has 11 nitrogen and oxygen atoms in total. The first kappa shape index (κ1) is 26.1. The van der Waals surface area contributed by atoms with Crippen molar-refractivity contribution >= 4 is 50.2 Å². The SMILES string of the molecule is O=C(O)c1ccccc1NS(=O)(=O)c1ccc(N/N=C/c2c(-c3ccccc3)[nH]c3ccccc23)c([N+](=O)[O-])c1. The highest BCUT2D eigenvalue weighted by molar-refractivity contribution is 7.92. The monoisotopic (exact) mass is 555 g/mol. The Labute approximate surface area is 228 Å². The molecule has 0 unspecified atom stereocenters. The summed E-state index contributed by atoms with van der Waals surface area (Å²) in [7, 11) is -4.35. The molecule has 1 aromatic heterocycles. The smallest absolute Gasteiger partial charge is 0.337 e. The number of nitrogens with one attached hydrogen (secondary N) is 3. The number of hydrogen-bond donors (Lipinski definition) is 4. The van der Waals surface area contributed by atoms with E-state index < -0.39 is 31.5 Å². The van der Waals surface area contributed by atoms with Crippen LogP contribution >= 0.6 is 0 Å². The highest BCUT2D eigenvalue weighted by Crippen LogP contribution is 2.31. The largest absolute Gasteiger partial charge is 0.478 e. The maximum absolute atomic E-state index is 12.9. The summed E-state index contributed by atoms with van der Waals surface area (Å²) in [5.41, 5.74) is 5.04. The number of anilines is 2. The lowest BCUT2D eigenvalue weighted by Crippen LogP contribution is -2.16. The van der Waals surface area contributed by atoms with Crippen molar-refractivity contribution in [1.29, 1.82) is 0 Å². The molecular formula is C28H21N5O6S. The Kier molecular flexibility index (Phi) is 7.00. The fraction of sp³-hybridized carbons (Fsp3) is 0. The molecule has 5 rings (SSSR count). The van der Waals surface area contributed by atoms with Gasteiger partial charge in [-0.3, -0.25) is 20.3 Å². The number of hydrogen-bond acceptors (Lipinski definition) is 7. The third kappa shape index (κ3) is 5.24. The second-order valence-electron chi connectivity index (χ2n) is 8.59. The van der Waals surface area contributed by atoms with Crippen LogP contribution in [0.15, 0.2) is 107 Å². The number of nitrogens with zero attached hydrogens (tertiary/aromatic N) is 2. The number of carboxylic acids is 1. The van der Waals surface area contributed by atoms with Crippen LogP contribution in [-0.4, -0.2) is 35.6 Å². The number of aromatic amines is 1. The molecule has 0 spiro atoms. The number of para-hydroxylation sites is 2. The van der Waals surface area contributed by atoms with Gasteiger partial charge in [0.15, 0.2) is 0 Å². The number of sulfonamides is 1. The van der Waals surface area contributed by atoms with E-state index in [0.29, 0.717) is 0 Å². The Morgan fingerprint density at radius 2 is 1.62 bits per heavy atom. The van der Waals surface area contributed by atoms with E-state index >= 15 is 0 Å². The molecule has 200 valence electrons. The topological polar surface area (TPSA) is 167 Å². The van der Waals surface area contributed by atoms with Crippen LogP contribution in [0.3, 0.4) is 0 Å². The van der Waals surface area contributed by atoms with Gasteiger partial charge in [0.25, 0.3) is 15.7 Å². The van der Waals surface area contributed by atoms with Gasteiger partial charge in [-0.05, 0) is 35.9 Å². The lowest BCUT2D eigenvalue weighted by atomic mass is 10.1. The molecule has 0 aliphatic heterocycles. The fourth-order valence-corrected chi connectivity index (χ4v) is 5.28. The number of nitro benzene ring substituents is 1. The number of aromatic nitrogens is 1. The summed E-state index contributed by atoms with van der Waals surface area (Å²) in [5, 5.41) is 26.3. The molecule has 4 aromatic carbocycles. The maximum atomic E-state index is 12.9. The van der Waals surface area contributed by atoms with Crippen molar-refractivity contribution in [2.24, 2.45) is 5.10 Å². The Balaban J connectivity index is 1.45. The molecule has 1 heterocycles. The van der Waals surface area contributed by atoms with Crippen LogP contribution in [0.25, 0.3) is 22.2 Å². The molecule has 0 aliphatic rings. The predicted molar refractivity (Wildman–Crippen MR) is 152 cm³/mol. The van der Waals surface area contributed by atoms with E-state index in [0.717, 1.165) is 39.9 Å². The Morgan fingerprint density at radius 1 is 0.925 bits per heavy atom. The van der Waals surface area contributed by atoms with Gasteiger partial charge in [-0.2, -0.15) is 5.10 Å². The number of H-pyrrole nitrogens is 1. The molecule has 40 heavy (non-hydrogen) atoms. The summed E-state index contributed by atoms with van der Waals surface area (Å²) < 4.78 is 28.1. The van der Waals surface area contributed by atoms with Crippen molar-refractivity contribution < 1.29 is 23.2 Å². The van der Waals surface area contributed by atoms with Crippen LogP contribution in [0.1, 0.15) is 15.9 Å². The van der Waals surface area contributed by atoms with Gasteiger partial charge in [0.2, 0.25) is 0 Å². The molecule has 0 saturated carbocycles. The van der Waals surface area contributed by atoms with Gasteiger partial charge in [0, 0.05) is 22.5 Å². The van der Waals surface area contributed by atoms with Gasteiger partial charge in [-0.15, -0.1) is 0 Å². The van der Waals surface area contributed by atoms with Gasteiger partial charge in [-0.1, -0.05) is 60.7 Å². The number of fused-ring (bicyclic) bond motifs is 1. The maximum Gasteiger partial charge on any atom is 0.337 e. The number of carbonyl (C=O) groups is 1. The second kappa shape index (κ2) is 10.7. The quantitative estimate of drug-likeness (QED) is 0.103. The van der Waals surface area contributed by atoms with E-state index in [2.05, 4.69) is 20.2 Å². The summed E-state index contributed by atoms with van der Waals surface area (Å²) in [5.74, 6) is -1.33. The number of carboxylic acid groups (broad SMARTS) is 1. The minimum absolute atomic E-state index is 0.0350. The zero-order chi connectivity index (χ0) is 28.3. The van der Waals surface area contributed by atoms with Gasteiger partial charge < -0.3 is 10.1 Å². The molecule has 0 amide bonds. The van der Waals surface area contributed by atoms with Crippen molar-refractivity contribution in [3.8, 4) is 11.3 Å². The molecule has 0 fully saturated rings. The minimum Gasteiger partial charge on any atom is -0.478 e. The summed E-state index contributed by atoms with van der Waals surface area (Å²) in [6, 6.07) is 26.0. The first-order chi connectivity index (χ1) is 19.2. The van der Waals surface area contributed by atoms with E-state index in [1.807, 2.05) is 54.6 Å². The summed E-state index contributed by atoms with van der Waals surface area (Å²) in [4.78, 5) is 25.5. The average Bonchev–Trinajstić information content (AvgIpc) is 3.32. The normalized spacial score (nSPS) is 11.5. The first-order valence-corrected chi connectivity index (χ1v) is 13.3. The number of hydrazone groups is 1. The van der Waals surface area contributed by atoms with Crippen molar-refractivity contribution in [2.75, 3.05) is 10.1 Å². The third-order valence-electron chi connectivity index (χ3n) is 6.07. The Morgan fingerprint density at radius 3 is 2.38 bits per heavy atom. The molecule has 4 N–H and O–H groups in total. The fourth-order valence-electron chi connectivity index (χ4n) is 4.18. The molecule has 0 saturated heterocycles. The van der Waals surface area contributed by atoms with Crippen LogP contribution in [-0.2, 0) is 10.0 Å². The zero-order valence-electron chi connectivity index (χ0n) is 20.6. The summed E-state index contributed by atoms with van der Waals surface area (Å²) >= 11 is 0. The van der Waals surface area contributed by atoms with Gasteiger partial charge in [0.05, 0.1) is 33.0 Å². The van der Waals surface area contributed by atoms with Crippen LogP contribution in [0.4, 0.5) is 17.1 Å². The Hall–Kier alpha value is -5.49. The molecule has 0 aliphatic carbocycles. The second-order valence-corrected chi connectivity index (χ2v) is 10.3. The number of aromatic carboxylic acids is 1. The summed E-state index contributed by atoms with van der Waals surface area (Å²) in [6.07, 6.45) is 1.54. The average molecular weight is 556 g/mol. The van der Waals surface area contributed by atoms with Gasteiger partial charge in [-0.25, -0.2) is 13.2 Å². The van der Waals surface area contributed by atoms with E-state index in [9.17, 15) is 28.4 Å². The van der Waals surface area contributed by atoms with Gasteiger partial charge >= 0.3 is 5.97 Å². The van der Waals surface area contributed by atoms with Crippen molar-refractivity contribution in [2.45, 2.75) is 4.90 Å². The third-order valence-corrected chi connectivity index (χ3v) is 7.43. The van der Waals surface area contributed by atoms with Crippen LogP contribution in [0.2, 0.25) is 0 Å². The number of nitro groups is 1. The van der Waals surface area contributed by atoms with Crippen molar-refractivity contribution in [1.82, 2.24) is 4.98 Å².